The summed E-state index contributed by atoms with van der Waals surface area (Å²) in [7, 11) is 2.02. The number of hydrogen-bond acceptors (Lipinski definition) is 2. The number of nitrogens with one attached hydrogen (secondary N) is 1. The molecule has 2 rings (SSSR count). The summed E-state index contributed by atoms with van der Waals surface area (Å²) in [6.45, 7) is 2.97. The third kappa shape index (κ3) is 1.26. The van der Waals surface area contributed by atoms with E-state index >= 15 is 0 Å². The summed E-state index contributed by atoms with van der Waals surface area (Å²) in [4.78, 5) is 4.45. The van der Waals surface area contributed by atoms with Crippen molar-refractivity contribution in [3.05, 3.63) is 24.3 Å². The van der Waals surface area contributed by atoms with Gasteiger partial charge in [0.2, 0.25) is 5.95 Å². The average Bonchev–Trinajstić information content (AvgIpc) is 2.46. The normalized spacial score (nSPS) is 10.6. The summed E-state index contributed by atoms with van der Waals surface area (Å²) in [5, 5.41) is 3.22. The minimum Gasteiger partial charge on any atom is -0.356 e. The number of aryl methyl sites for hydroxylation is 1. The molecule has 3 nitrogen and oxygen atoms in total. The summed E-state index contributed by atoms with van der Waals surface area (Å²) in [5.41, 5.74) is 2.21. The Hall–Kier alpha value is -1.51. The molecule has 1 aromatic carbocycles. The lowest BCUT2D eigenvalue weighted by Gasteiger charge is -2.01. The number of nitrogens with zero attached hydrogens (tertiary/aromatic N) is 2. The number of anilines is 1. The molecule has 0 aliphatic heterocycles. The fraction of sp³-hybridized carbons (Fsp3) is 0.300. The van der Waals surface area contributed by atoms with E-state index in [1.807, 2.05) is 25.2 Å². The Labute approximate surface area is 77.4 Å². The maximum atomic E-state index is 4.45. The van der Waals surface area contributed by atoms with Crippen LogP contribution in [-0.2, 0) is 7.05 Å². The van der Waals surface area contributed by atoms with Gasteiger partial charge < -0.3 is 9.88 Å². The van der Waals surface area contributed by atoms with Crippen LogP contribution in [0.5, 0.6) is 0 Å². The fourth-order valence-corrected chi connectivity index (χ4v) is 1.46. The van der Waals surface area contributed by atoms with E-state index in [0.717, 1.165) is 18.0 Å². The zero-order valence-corrected chi connectivity index (χ0v) is 7.91. The van der Waals surface area contributed by atoms with Crippen LogP contribution in [0.15, 0.2) is 24.3 Å². The molecule has 0 radical (unpaired) electrons. The molecule has 0 atom stereocenters. The zero-order chi connectivity index (χ0) is 9.26. The number of benzene rings is 1. The highest BCUT2D eigenvalue weighted by Gasteiger charge is 2.04. The summed E-state index contributed by atoms with van der Waals surface area (Å²) in [6.07, 6.45) is 0. The smallest absolute Gasteiger partial charge is 0.203 e. The number of rotatable bonds is 2. The van der Waals surface area contributed by atoms with Crippen LogP contribution in [0.3, 0.4) is 0 Å². The van der Waals surface area contributed by atoms with Crippen molar-refractivity contribution in [3.8, 4) is 0 Å². The molecule has 0 amide bonds. The van der Waals surface area contributed by atoms with Crippen molar-refractivity contribution < 1.29 is 0 Å². The largest absolute Gasteiger partial charge is 0.356 e. The number of hydrogen-bond donors (Lipinski definition) is 1. The van der Waals surface area contributed by atoms with Crippen LogP contribution in [0.1, 0.15) is 6.92 Å². The van der Waals surface area contributed by atoms with Gasteiger partial charge in [0, 0.05) is 13.6 Å². The summed E-state index contributed by atoms with van der Waals surface area (Å²) >= 11 is 0. The number of imidazole rings is 1. The SMILES string of the molecule is CCNc1nc2ccccc2n1C. The molecule has 13 heavy (non-hydrogen) atoms. The van der Waals surface area contributed by atoms with Crippen LogP contribution in [0.25, 0.3) is 11.0 Å². The molecular formula is C10H13N3. The lowest BCUT2D eigenvalue weighted by molar-refractivity contribution is 0.936. The van der Waals surface area contributed by atoms with Crippen LogP contribution in [0.2, 0.25) is 0 Å². The minimum atomic E-state index is 0.900. The van der Waals surface area contributed by atoms with Crippen molar-refractivity contribution in [2.24, 2.45) is 7.05 Å². The first-order chi connectivity index (χ1) is 6.33. The molecule has 0 bridgehead atoms. The van der Waals surface area contributed by atoms with Gasteiger partial charge in [-0.15, -0.1) is 0 Å². The van der Waals surface area contributed by atoms with E-state index in [4.69, 9.17) is 0 Å². The van der Waals surface area contributed by atoms with Crippen molar-refractivity contribution in [2.45, 2.75) is 6.92 Å². The predicted octanol–water partition coefficient (Wildman–Crippen LogP) is 2.01. The van der Waals surface area contributed by atoms with E-state index < -0.39 is 0 Å². The second-order valence-electron chi connectivity index (χ2n) is 3.01. The molecular weight excluding hydrogens is 162 g/mol. The first kappa shape index (κ1) is 8.10. The molecule has 3 heteroatoms. The number of para-hydroxylation sites is 2. The van der Waals surface area contributed by atoms with Crippen LogP contribution >= 0.6 is 0 Å². The molecule has 68 valence electrons. The number of fused-ring (bicyclic) bond motifs is 1. The van der Waals surface area contributed by atoms with Gasteiger partial charge in [0.25, 0.3) is 0 Å². The van der Waals surface area contributed by atoms with Gasteiger partial charge in [-0.3, -0.25) is 0 Å². The topological polar surface area (TPSA) is 29.9 Å². The molecule has 0 saturated heterocycles. The Bertz CT molecular complexity index is 417. The van der Waals surface area contributed by atoms with Crippen molar-refractivity contribution in [1.82, 2.24) is 9.55 Å². The van der Waals surface area contributed by atoms with Crippen molar-refractivity contribution in [1.29, 1.82) is 0 Å². The second-order valence-corrected chi connectivity index (χ2v) is 3.01. The molecule has 1 N–H and O–H groups in total. The van der Waals surface area contributed by atoms with Gasteiger partial charge in [0.1, 0.15) is 0 Å². The minimum absolute atomic E-state index is 0.900. The third-order valence-corrected chi connectivity index (χ3v) is 2.12. The molecule has 0 fully saturated rings. The monoisotopic (exact) mass is 175 g/mol. The van der Waals surface area contributed by atoms with Gasteiger partial charge in [0.05, 0.1) is 11.0 Å². The standard InChI is InChI=1S/C10H13N3/c1-3-11-10-12-8-6-4-5-7-9(8)13(10)2/h4-7H,3H2,1-2H3,(H,11,12). The quantitative estimate of drug-likeness (QED) is 0.756. The first-order valence-corrected chi connectivity index (χ1v) is 4.48. The highest BCUT2D eigenvalue weighted by Crippen LogP contribution is 2.16. The van der Waals surface area contributed by atoms with Gasteiger partial charge in [-0.05, 0) is 19.1 Å². The molecule has 1 aromatic heterocycles. The Morgan fingerprint density at radius 1 is 1.38 bits per heavy atom. The third-order valence-electron chi connectivity index (χ3n) is 2.12. The Morgan fingerprint density at radius 2 is 2.15 bits per heavy atom. The van der Waals surface area contributed by atoms with E-state index in [2.05, 4.69) is 27.9 Å². The van der Waals surface area contributed by atoms with Gasteiger partial charge in [-0.1, -0.05) is 12.1 Å². The van der Waals surface area contributed by atoms with Crippen molar-refractivity contribution >= 4 is 17.0 Å². The van der Waals surface area contributed by atoms with E-state index in [1.165, 1.54) is 5.52 Å². The summed E-state index contributed by atoms with van der Waals surface area (Å²) in [6, 6.07) is 8.13. The van der Waals surface area contributed by atoms with E-state index in [1.54, 1.807) is 0 Å². The van der Waals surface area contributed by atoms with Gasteiger partial charge in [-0.2, -0.15) is 0 Å². The maximum Gasteiger partial charge on any atom is 0.203 e. The fourth-order valence-electron chi connectivity index (χ4n) is 1.46. The maximum absolute atomic E-state index is 4.45. The van der Waals surface area contributed by atoms with E-state index in [-0.39, 0.29) is 0 Å². The van der Waals surface area contributed by atoms with E-state index in [9.17, 15) is 0 Å². The van der Waals surface area contributed by atoms with Crippen LogP contribution < -0.4 is 5.32 Å². The van der Waals surface area contributed by atoms with Gasteiger partial charge in [-0.25, -0.2) is 4.98 Å². The molecule has 0 unspecified atom stereocenters. The lowest BCUT2D eigenvalue weighted by Crippen LogP contribution is -2.03. The Balaban J connectivity index is 2.60. The van der Waals surface area contributed by atoms with E-state index in [0.29, 0.717) is 0 Å². The highest BCUT2D eigenvalue weighted by atomic mass is 15.2. The predicted molar refractivity (Wildman–Crippen MR) is 54.9 cm³/mol. The zero-order valence-electron chi connectivity index (χ0n) is 7.91. The Morgan fingerprint density at radius 3 is 2.85 bits per heavy atom. The number of aromatic nitrogens is 2. The first-order valence-electron chi connectivity index (χ1n) is 4.48. The molecule has 0 saturated carbocycles. The second kappa shape index (κ2) is 3.09. The van der Waals surface area contributed by atoms with Gasteiger partial charge >= 0.3 is 0 Å². The van der Waals surface area contributed by atoms with Crippen molar-refractivity contribution in [3.63, 3.8) is 0 Å². The van der Waals surface area contributed by atoms with Crippen LogP contribution in [0.4, 0.5) is 5.95 Å². The van der Waals surface area contributed by atoms with Crippen LogP contribution in [0, 0.1) is 0 Å². The molecule has 0 aliphatic carbocycles. The average molecular weight is 175 g/mol. The highest BCUT2D eigenvalue weighted by molar-refractivity contribution is 5.78. The summed E-state index contributed by atoms with van der Waals surface area (Å²) < 4.78 is 2.07. The molecule has 1 heterocycles. The Kier molecular flexibility index (Phi) is 1.93. The summed E-state index contributed by atoms with van der Waals surface area (Å²) in [5.74, 6) is 0.934. The lowest BCUT2D eigenvalue weighted by atomic mass is 10.3. The molecule has 0 aliphatic rings. The van der Waals surface area contributed by atoms with Gasteiger partial charge in [0.15, 0.2) is 0 Å². The molecule has 2 aromatic rings. The molecule has 0 spiro atoms. The van der Waals surface area contributed by atoms with Crippen molar-refractivity contribution in [2.75, 3.05) is 11.9 Å². The van der Waals surface area contributed by atoms with Crippen LogP contribution in [-0.4, -0.2) is 16.1 Å².